The molecule has 0 aromatic rings. The number of carboxylic acid groups (broad SMARTS) is 2. The molecule has 2 unspecified atom stereocenters. The van der Waals surface area contributed by atoms with Gasteiger partial charge in [0.25, 0.3) is 0 Å². The third-order valence-corrected chi connectivity index (χ3v) is 2.82. The zero-order valence-corrected chi connectivity index (χ0v) is 11.7. The molecule has 0 spiro atoms. The molecule has 0 rings (SSSR count). The van der Waals surface area contributed by atoms with Crippen LogP contribution >= 0.6 is 0 Å². The average Bonchev–Trinajstić information content (AvgIpc) is 2.23. The second kappa shape index (κ2) is 8.08. The smallest absolute Gasteiger partial charge is 0.320 e. The van der Waals surface area contributed by atoms with Crippen molar-refractivity contribution < 1.29 is 19.8 Å². The summed E-state index contributed by atoms with van der Waals surface area (Å²) in [7, 11) is 0. The van der Waals surface area contributed by atoms with Crippen LogP contribution in [0.5, 0.6) is 0 Å². The molecule has 0 fully saturated rings. The zero-order valence-electron chi connectivity index (χ0n) is 11.7. The lowest BCUT2D eigenvalue weighted by molar-refractivity contribution is -0.147. The molecule has 0 heterocycles. The summed E-state index contributed by atoms with van der Waals surface area (Å²) in [6.07, 6.45) is 1.32. The molecule has 18 heavy (non-hydrogen) atoms. The maximum absolute atomic E-state index is 11.3. The minimum atomic E-state index is -0.885. The highest BCUT2D eigenvalue weighted by molar-refractivity contribution is 5.74. The molecule has 0 aromatic heterocycles. The van der Waals surface area contributed by atoms with E-state index >= 15 is 0 Å². The van der Waals surface area contributed by atoms with E-state index in [9.17, 15) is 14.7 Å². The van der Waals surface area contributed by atoms with Crippen LogP contribution in [0.3, 0.4) is 0 Å². The third kappa shape index (κ3) is 6.00. The van der Waals surface area contributed by atoms with Crippen LogP contribution in [-0.2, 0) is 9.59 Å². The SMILES string of the molecule is CCCC(C(=O)O)N(CC(C)C)CC(C)C(=O)O. The summed E-state index contributed by atoms with van der Waals surface area (Å²) in [6, 6.07) is -0.584. The van der Waals surface area contributed by atoms with Gasteiger partial charge in [0.1, 0.15) is 6.04 Å². The van der Waals surface area contributed by atoms with Crippen LogP contribution in [0.2, 0.25) is 0 Å². The summed E-state index contributed by atoms with van der Waals surface area (Å²) in [5.41, 5.74) is 0. The van der Waals surface area contributed by atoms with Crippen LogP contribution in [0.15, 0.2) is 0 Å². The Hall–Kier alpha value is -1.10. The predicted octanol–water partition coefficient (Wildman–Crippen LogP) is 1.92. The summed E-state index contributed by atoms with van der Waals surface area (Å²) in [5.74, 6) is -1.99. The first-order valence-corrected chi connectivity index (χ1v) is 6.49. The molecular weight excluding hydrogens is 234 g/mol. The molecule has 0 bridgehead atoms. The molecule has 5 nitrogen and oxygen atoms in total. The van der Waals surface area contributed by atoms with E-state index in [1.807, 2.05) is 20.8 Å². The fourth-order valence-corrected chi connectivity index (χ4v) is 1.96. The summed E-state index contributed by atoms with van der Waals surface area (Å²) in [4.78, 5) is 24.0. The van der Waals surface area contributed by atoms with Crippen molar-refractivity contribution in [2.75, 3.05) is 13.1 Å². The van der Waals surface area contributed by atoms with Gasteiger partial charge < -0.3 is 10.2 Å². The van der Waals surface area contributed by atoms with E-state index in [4.69, 9.17) is 5.11 Å². The second-order valence-electron chi connectivity index (χ2n) is 5.23. The van der Waals surface area contributed by atoms with E-state index in [0.717, 1.165) is 6.42 Å². The quantitative estimate of drug-likeness (QED) is 0.661. The highest BCUT2D eigenvalue weighted by atomic mass is 16.4. The average molecular weight is 259 g/mol. The van der Waals surface area contributed by atoms with E-state index in [0.29, 0.717) is 18.9 Å². The first kappa shape index (κ1) is 16.9. The maximum atomic E-state index is 11.3. The Labute approximate surface area is 109 Å². The van der Waals surface area contributed by atoms with Gasteiger partial charge in [-0.1, -0.05) is 34.1 Å². The molecule has 0 amide bonds. The molecule has 0 aliphatic carbocycles. The molecule has 0 radical (unpaired) electrons. The number of carboxylic acids is 2. The van der Waals surface area contributed by atoms with Gasteiger partial charge in [0, 0.05) is 13.1 Å². The maximum Gasteiger partial charge on any atom is 0.320 e. The van der Waals surface area contributed by atoms with Crippen molar-refractivity contribution in [3.8, 4) is 0 Å². The monoisotopic (exact) mass is 259 g/mol. The van der Waals surface area contributed by atoms with Gasteiger partial charge in [0.05, 0.1) is 5.92 Å². The van der Waals surface area contributed by atoms with Gasteiger partial charge in [-0.2, -0.15) is 0 Å². The Bertz CT molecular complexity index is 278. The number of rotatable bonds is 9. The van der Waals surface area contributed by atoms with Crippen molar-refractivity contribution >= 4 is 11.9 Å². The Kier molecular flexibility index (Phi) is 7.59. The second-order valence-corrected chi connectivity index (χ2v) is 5.23. The molecule has 0 aliphatic rings. The minimum Gasteiger partial charge on any atom is -0.481 e. The van der Waals surface area contributed by atoms with Crippen LogP contribution in [0.4, 0.5) is 0 Å². The molecule has 0 aliphatic heterocycles. The van der Waals surface area contributed by atoms with Crippen LogP contribution in [0.1, 0.15) is 40.5 Å². The van der Waals surface area contributed by atoms with Gasteiger partial charge in [-0.05, 0) is 12.3 Å². The van der Waals surface area contributed by atoms with Gasteiger partial charge in [-0.15, -0.1) is 0 Å². The van der Waals surface area contributed by atoms with Gasteiger partial charge in [-0.3, -0.25) is 14.5 Å². The van der Waals surface area contributed by atoms with Crippen molar-refractivity contribution in [2.24, 2.45) is 11.8 Å². The van der Waals surface area contributed by atoms with Crippen LogP contribution in [0, 0.1) is 11.8 Å². The topological polar surface area (TPSA) is 77.8 Å². The van der Waals surface area contributed by atoms with Gasteiger partial charge in [0.15, 0.2) is 0 Å². The molecule has 0 saturated carbocycles. The summed E-state index contributed by atoms with van der Waals surface area (Å²) in [5, 5.41) is 18.2. The predicted molar refractivity (Wildman–Crippen MR) is 69.5 cm³/mol. The molecule has 106 valence electrons. The van der Waals surface area contributed by atoms with Crippen molar-refractivity contribution in [3.05, 3.63) is 0 Å². The molecule has 2 atom stereocenters. The van der Waals surface area contributed by atoms with Crippen LogP contribution < -0.4 is 0 Å². The van der Waals surface area contributed by atoms with E-state index < -0.39 is 23.9 Å². The highest BCUT2D eigenvalue weighted by Crippen LogP contribution is 2.13. The summed E-state index contributed by atoms with van der Waals surface area (Å²) >= 11 is 0. The Morgan fingerprint density at radius 2 is 1.61 bits per heavy atom. The van der Waals surface area contributed by atoms with E-state index in [-0.39, 0.29) is 6.54 Å². The normalized spacial score (nSPS) is 14.8. The number of aliphatic carboxylic acids is 2. The van der Waals surface area contributed by atoms with Gasteiger partial charge >= 0.3 is 11.9 Å². The van der Waals surface area contributed by atoms with Gasteiger partial charge in [0.2, 0.25) is 0 Å². The third-order valence-electron chi connectivity index (χ3n) is 2.82. The van der Waals surface area contributed by atoms with E-state index in [1.54, 1.807) is 11.8 Å². The van der Waals surface area contributed by atoms with Gasteiger partial charge in [-0.25, -0.2) is 0 Å². The molecular formula is C13H25NO4. The van der Waals surface area contributed by atoms with E-state index in [2.05, 4.69) is 0 Å². The Balaban J connectivity index is 4.82. The van der Waals surface area contributed by atoms with E-state index in [1.165, 1.54) is 0 Å². The summed E-state index contributed by atoms with van der Waals surface area (Å²) < 4.78 is 0. The minimum absolute atomic E-state index is 0.282. The largest absolute Gasteiger partial charge is 0.481 e. The number of hydrogen-bond donors (Lipinski definition) is 2. The molecule has 0 saturated heterocycles. The zero-order chi connectivity index (χ0) is 14.3. The molecule has 5 heteroatoms. The Morgan fingerprint density at radius 1 is 1.06 bits per heavy atom. The first-order valence-electron chi connectivity index (χ1n) is 6.49. The van der Waals surface area contributed by atoms with Crippen LogP contribution in [0.25, 0.3) is 0 Å². The lowest BCUT2D eigenvalue weighted by atomic mass is 10.0. The number of carbonyl (C=O) groups is 2. The lowest BCUT2D eigenvalue weighted by Crippen LogP contribution is -2.46. The molecule has 0 aromatic carbocycles. The van der Waals surface area contributed by atoms with Crippen molar-refractivity contribution in [2.45, 2.75) is 46.6 Å². The fourth-order valence-electron chi connectivity index (χ4n) is 1.96. The Morgan fingerprint density at radius 3 is 1.94 bits per heavy atom. The number of nitrogens with zero attached hydrogens (tertiary/aromatic N) is 1. The highest BCUT2D eigenvalue weighted by Gasteiger charge is 2.28. The van der Waals surface area contributed by atoms with Crippen LogP contribution in [-0.4, -0.2) is 46.2 Å². The van der Waals surface area contributed by atoms with Crippen molar-refractivity contribution in [1.82, 2.24) is 4.90 Å². The molecule has 2 N–H and O–H groups in total. The van der Waals surface area contributed by atoms with Crippen molar-refractivity contribution in [3.63, 3.8) is 0 Å². The fraction of sp³-hybridized carbons (Fsp3) is 0.846. The first-order chi connectivity index (χ1) is 8.29. The lowest BCUT2D eigenvalue weighted by Gasteiger charge is -2.31. The summed E-state index contributed by atoms with van der Waals surface area (Å²) in [6.45, 7) is 8.44. The van der Waals surface area contributed by atoms with Crippen molar-refractivity contribution in [1.29, 1.82) is 0 Å². The number of hydrogen-bond acceptors (Lipinski definition) is 3. The standard InChI is InChI=1S/C13H25NO4/c1-5-6-11(13(17)18)14(7-9(2)3)8-10(4)12(15)16/h9-11H,5-8H2,1-4H3,(H,15,16)(H,17,18).